The number of hydrogen-bond donors (Lipinski definition) is 1. The molecule has 0 unspecified atom stereocenters. The Bertz CT molecular complexity index is 608. The fraction of sp³-hybridized carbons (Fsp3) is 0.588. The molecule has 0 atom stereocenters. The first-order valence-electron chi connectivity index (χ1n) is 9.57. The van der Waals surface area contributed by atoms with Gasteiger partial charge in [0.25, 0.3) is 0 Å². The Kier molecular flexibility index (Phi) is 5.83. The molecule has 0 aliphatic heterocycles. The molecular weight excluding hydrogens is 280 g/mol. The predicted octanol–water partition coefficient (Wildman–Crippen LogP) is 2.95. The topological polar surface area (TPSA) is 64.8 Å². The number of nitrogen functional groups attached to an aromatic ring is 1. The number of esters is 1. The van der Waals surface area contributed by atoms with E-state index in [0.29, 0.717) is 25.4 Å². The summed E-state index contributed by atoms with van der Waals surface area (Å²) in [6.07, 6.45) is 0.127. The van der Waals surface area contributed by atoms with Crippen LogP contribution in [0.4, 0.5) is 5.69 Å². The Morgan fingerprint density at radius 2 is 2.05 bits per heavy atom. The van der Waals surface area contributed by atoms with Crippen LogP contribution in [0.25, 0.3) is 0 Å². The van der Waals surface area contributed by atoms with Gasteiger partial charge in [0.05, 0.1) is 15.9 Å². The van der Waals surface area contributed by atoms with E-state index < -0.39 is 25.4 Å². The van der Waals surface area contributed by atoms with Crippen molar-refractivity contribution in [2.45, 2.75) is 33.6 Å². The summed E-state index contributed by atoms with van der Waals surface area (Å²) in [5.41, 5.74) is 6.18. The van der Waals surface area contributed by atoms with Crippen molar-refractivity contribution in [3.8, 4) is 5.75 Å². The summed E-state index contributed by atoms with van der Waals surface area (Å²) in [6.45, 7) is 2.27. The Morgan fingerprint density at radius 3 is 2.68 bits per heavy atom. The Balaban J connectivity index is 2.95. The number of hydrogen-bond acceptors (Lipinski definition) is 5. The zero-order valence-corrected chi connectivity index (χ0v) is 13.5. The molecule has 0 saturated heterocycles. The Hall–Kier alpha value is -1.75. The van der Waals surface area contributed by atoms with E-state index in [2.05, 4.69) is 0 Å². The molecule has 0 spiro atoms. The van der Waals surface area contributed by atoms with E-state index in [1.54, 1.807) is 13.8 Å². The lowest BCUT2D eigenvalue weighted by molar-refractivity contribution is 0.0485. The fourth-order valence-corrected chi connectivity index (χ4v) is 1.79. The van der Waals surface area contributed by atoms with Gasteiger partial charge in [0.1, 0.15) is 11.3 Å². The molecule has 0 aromatic heterocycles. The Morgan fingerprint density at radius 1 is 1.32 bits per heavy atom. The van der Waals surface area contributed by atoms with Crippen LogP contribution in [0.5, 0.6) is 5.75 Å². The second-order valence-corrected chi connectivity index (χ2v) is 4.65. The molecule has 0 aliphatic rings. The van der Waals surface area contributed by atoms with Crippen LogP contribution >= 0.6 is 0 Å². The van der Waals surface area contributed by atoms with Crippen molar-refractivity contribution in [2.24, 2.45) is 0 Å². The minimum absolute atomic E-state index is 0.0555. The van der Waals surface area contributed by atoms with Gasteiger partial charge in [-0.15, -0.1) is 0 Å². The van der Waals surface area contributed by atoms with Crippen molar-refractivity contribution in [3.63, 3.8) is 0 Å². The van der Waals surface area contributed by atoms with Crippen LogP contribution in [-0.2, 0) is 4.74 Å². The third-order valence-electron chi connectivity index (χ3n) is 2.99. The van der Waals surface area contributed by atoms with Crippen LogP contribution in [0.3, 0.4) is 0 Å². The summed E-state index contributed by atoms with van der Waals surface area (Å²) in [5.74, 6) is -0.698. The first-order valence-corrected chi connectivity index (χ1v) is 7.57. The highest BCUT2D eigenvalue weighted by Crippen LogP contribution is 2.23. The summed E-state index contributed by atoms with van der Waals surface area (Å²) in [5, 5.41) is 0. The summed E-state index contributed by atoms with van der Waals surface area (Å²) in [4.78, 5) is 13.9. The van der Waals surface area contributed by atoms with Gasteiger partial charge in [0.2, 0.25) is 0 Å². The van der Waals surface area contributed by atoms with E-state index in [1.807, 2.05) is 6.92 Å². The summed E-state index contributed by atoms with van der Waals surface area (Å²) in [7, 11) is 0. The number of carbonyl (C=O) groups is 1. The lowest BCUT2D eigenvalue weighted by Gasteiger charge is -2.17. The van der Waals surface area contributed by atoms with E-state index in [9.17, 15) is 4.79 Å². The molecule has 1 rings (SSSR count). The van der Waals surface area contributed by atoms with Gasteiger partial charge < -0.3 is 20.1 Å². The monoisotopic (exact) mass is 312 g/mol. The third-order valence-corrected chi connectivity index (χ3v) is 2.99. The normalized spacial score (nSPS) is 14.7. The first-order chi connectivity index (χ1) is 12.1. The van der Waals surface area contributed by atoms with Crippen LogP contribution < -0.4 is 10.5 Å². The number of carbonyl (C=O) groups excluding carboxylic acids is 1. The van der Waals surface area contributed by atoms with Gasteiger partial charge in [-0.2, -0.15) is 0 Å². The molecule has 0 amide bonds. The summed E-state index contributed by atoms with van der Waals surface area (Å²) in [6, 6.07) is 4.40. The highest BCUT2D eigenvalue weighted by molar-refractivity contribution is 5.93. The zero-order valence-electron chi connectivity index (χ0n) is 17.5. The number of ether oxygens (including phenoxy) is 2. The number of anilines is 1. The van der Waals surface area contributed by atoms with Crippen LogP contribution in [0.1, 0.15) is 49.5 Å². The van der Waals surface area contributed by atoms with Gasteiger partial charge in [-0.3, -0.25) is 0 Å². The Labute approximate surface area is 139 Å². The number of nitrogens with zero attached hydrogens (tertiary/aromatic N) is 1. The fourth-order valence-electron chi connectivity index (χ4n) is 1.79. The average molecular weight is 312 g/mol. The molecule has 22 heavy (non-hydrogen) atoms. The summed E-state index contributed by atoms with van der Waals surface area (Å²) >= 11 is 0. The molecule has 124 valence electrons. The standard InChI is InChI=1S/C17H28N2O3/c1-4-11-21-16-13-14(18)8-9-15(16)17(20)22-12-7-10-19(5-2)6-3/h8-9,13H,4-7,10-12,18H2,1-3H3/i10D2,12D2. The van der Waals surface area contributed by atoms with E-state index >= 15 is 0 Å². The summed E-state index contributed by atoms with van der Waals surface area (Å²) < 4.78 is 42.5. The van der Waals surface area contributed by atoms with E-state index in [0.717, 1.165) is 6.42 Å². The largest absolute Gasteiger partial charge is 0.493 e. The molecule has 0 aliphatic carbocycles. The molecule has 0 saturated carbocycles. The maximum Gasteiger partial charge on any atom is 0.341 e. The number of rotatable bonds is 10. The van der Waals surface area contributed by atoms with Crippen molar-refractivity contribution < 1.29 is 19.8 Å². The molecule has 5 heteroatoms. The van der Waals surface area contributed by atoms with E-state index in [1.165, 1.54) is 23.1 Å². The molecular formula is C17H28N2O3. The van der Waals surface area contributed by atoms with Crippen molar-refractivity contribution in [1.29, 1.82) is 0 Å². The van der Waals surface area contributed by atoms with Crippen LogP contribution in [-0.4, -0.2) is 43.6 Å². The maximum atomic E-state index is 12.4. The van der Waals surface area contributed by atoms with Crippen molar-refractivity contribution in [2.75, 3.05) is 38.5 Å². The van der Waals surface area contributed by atoms with Crippen LogP contribution in [0.2, 0.25) is 0 Å². The van der Waals surface area contributed by atoms with Gasteiger partial charge in [0, 0.05) is 21.0 Å². The van der Waals surface area contributed by atoms with Crippen molar-refractivity contribution in [1.82, 2.24) is 4.90 Å². The van der Waals surface area contributed by atoms with Gasteiger partial charge in [-0.1, -0.05) is 20.8 Å². The molecule has 2 N–H and O–H groups in total. The molecule has 0 fully saturated rings. The number of nitrogens with two attached hydrogens (primary N) is 1. The number of benzene rings is 1. The van der Waals surface area contributed by atoms with Crippen LogP contribution in [0, 0.1) is 0 Å². The van der Waals surface area contributed by atoms with Gasteiger partial charge >= 0.3 is 5.97 Å². The minimum atomic E-state index is -2.48. The highest BCUT2D eigenvalue weighted by atomic mass is 16.5. The molecule has 5 nitrogen and oxygen atoms in total. The van der Waals surface area contributed by atoms with Gasteiger partial charge in [-0.25, -0.2) is 4.79 Å². The lowest BCUT2D eigenvalue weighted by Crippen LogP contribution is -2.25. The average Bonchev–Trinajstić information content (AvgIpc) is 2.51. The van der Waals surface area contributed by atoms with Crippen molar-refractivity contribution in [3.05, 3.63) is 23.8 Å². The maximum absolute atomic E-state index is 12.4. The van der Waals surface area contributed by atoms with E-state index in [-0.39, 0.29) is 11.3 Å². The molecule has 1 aromatic carbocycles. The minimum Gasteiger partial charge on any atom is -0.493 e. The molecule has 1 aromatic rings. The lowest BCUT2D eigenvalue weighted by atomic mass is 10.2. The van der Waals surface area contributed by atoms with Crippen molar-refractivity contribution >= 4 is 11.7 Å². The molecule has 0 heterocycles. The van der Waals surface area contributed by atoms with Gasteiger partial charge in [-0.05, 0) is 38.1 Å². The van der Waals surface area contributed by atoms with Crippen LogP contribution in [0.15, 0.2) is 18.2 Å². The van der Waals surface area contributed by atoms with E-state index in [4.69, 9.17) is 20.7 Å². The zero-order chi connectivity index (χ0) is 20.0. The second-order valence-electron chi connectivity index (χ2n) is 4.65. The quantitative estimate of drug-likeness (QED) is 0.531. The molecule has 0 radical (unpaired) electrons. The first kappa shape index (κ1) is 12.8. The smallest absolute Gasteiger partial charge is 0.341 e. The highest BCUT2D eigenvalue weighted by Gasteiger charge is 2.14. The predicted molar refractivity (Wildman–Crippen MR) is 89.3 cm³/mol. The molecule has 0 bridgehead atoms. The SMILES string of the molecule is [2H]C([2H])(CC([2H])([2H])N(CC)CC)OC(=O)c1ccc(N)cc1OCCC. The third kappa shape index (κ3) is 5.93. The second kappa shape index (κ2) is 10.1. The van der Waals surface area contributed by atoms with Gasteiger partial charge in [0.15, 0.2) is 0 Å².